The fourth-order valence-corrected chi connectivity index (χ4v) is 2.03. The van der Waals surface area contributed by atoms with Crippen LogP contribution in [-0.2, 0) is 0 Å². The van der Waals surface area contributed by atoms with E-state index in [2.05, 4.69) is 20.9 Å². The van der Waals surface area contributed by atoms with Crippen LogP contribution in [0.2, 0.25) is 0 Å². The van der Waals surface area contributed by atoms with Gasteiger partial charge in [0.05, 0.1) is 0 Å². The van der Waals surface area contributed by atoms with Crippen LogP contribution in [0.15, 0.2) is 14.4 Å². The molecular weight excluding hydrogens is 268 g/mol. The fourth-order valence-electron chi connectivity index (χ4n) is 1.08. The van der Waals surface area contributed by atoms with Crippen LogP contribution in [0.5, 0.6) is 5.88 Å². The molecular formula is C8H11BrN2O2S. The first-order chi connectivity index (χ1) is 6.49. The molecule has 0 atom stereocenters. The van der Waals surface area contributed by atoms with Gasteiger partial charge in [0.25, 0.3) is 5.56 Å². The van der Waals surface area contributed by atoms with E-state index < -0.39 is 0 Å². The number of aromatic hydroxyl groups is 1. The molecule has 78 valence electrons. The second kappa shape index (κ2) is 4.35. The minimum atomic E-state index is -0.253. The number of thioether (sulfide) groups is 1. The van der Waals surface area contributed by atoms with Crippen molar-refractivity contribution in [2.45, 2.75) is 25.0 Å². The summed E-state index contributed by atoms with van der Waals surface area (Å²) >= 11 is 4.34. The van der Waals surface area contributed by atoms with Crippen molar-refractivity contribution in [1.29, 1.82) is 0 Å². The van der Waals surface area contributed by atoms with Gasteiger partial charge < -0.3 is 5.11 Å². The summed E-state index contributed by atoms with van der Waals surface area (Å²) in [5.74, 6) is -0.253. The van der Waals surface area contributed by atoms with Crippen LogP contribution in [0.25, 0.3) is 0 Å². The molecule has 4 nitrogen and oxygen atoms in total. The predicted molar refractivity (Wildman–Crippen MR) is 60.0 cm³/mol. The Labute approximate surface area is 94.5 Å². The maximum absolute atomic E-state index is 11.7. The molecule has 0 aliphatic heterocycles. The first-order valence-corrected chi connectivity index (χ1v) is 6.05. The second-order valence-corrected chi connectivity index (χ2v) is 4.57. The standard InChI is InChI=1S/C8H11BrN2O2S/c1-4(2)11-7(13)5(9)6(12)10-8(11)14-3/h4,12H,1-3H3. The van der Waals surface area contributed by atoms with Crippen molar-refractivity contribution >= 4 is 27.7 Å². The van der Waals surface area contributed by atoms with Crippen molar-refractivity contribution in [2.24, 2.45) is 0 Å². The Kier molecular flexibility index (Phi) is 3.60. The third-order valence-electron chi connectivity index (χ3n) is 1.71. The number of hydrogen-bond donors (Lipinski definition) is 1. The van der Waals surface area contributed by atoms with Crippen LogP contribution in [0.4, 0.5) is 0 Å². The van der Waals surface area contributed by atoms with E-state index >= 15 is 0 Å². The highest BCUT2D eigenvalue weighted by molar-refractivity contribution is 9.10. The Morgan fingerprint density at radius 3 is 2.57 bits per heavy atom. The van der Waals surface area contributed by atoms with E-state index in [-0.39, 0.29) is 22.0 Å². The Hall–Kier alpha value is -0.490. The van der Waals surface area contributed by atoms with E-state index in [1.54, 1.807) is 0 Å². The highest BCUT2D eigenvalue weighted by Crippen LogP contribution is 2.22. The summed E-state index contributed by atoms with van der Waals surface area (Å²) in [6.45, 7) is 3.79. The molecule has 0 bridgehead atoms. The summed E-state index contributed by atoms with van der Waals surface area (Å²) in [5.41, 5.74) is -0.253. The maximum Gasteiger partial charge on any atom is 0.272 e. The number of aromatic nitrogens is 2. The van der Waals surface area contributed by atoms with E-state index in [1.165, 1.54) is 16.3 Å². The average molecular weight is 279 g/mol. The van der Waals surface area contributed by atoms with Gasteiger partial charge in [0.15, 0.2) is 5.16 Å². The molecule has 1 aromatic heterocycles. The molecule has 0 fully saturated rings. The van der Waals surface area contributed by atoms with Gasteiger partial charge in [-0.25, -0.2) is 0 Å². The zero-order valence-corrected chi connectivity index (χ0v) is 10.5. The molecule has 1 heterocycles. The minimum Gasteiger partial charge on any atom is -0.492 e. The largest absolute Gasteiger partial charge is 0.492 e. The Balaban J connectivity index is 3.53. The van der Waals surface area contributed by atoms with Crippen molar-refractivity contribution in [1.82, 2.24) is 9.55 Å². The number of nitrogens with zero attached hydrogens (tertiary/aromatic N) is 2. The second-order valence-electron chi connectivity index (χ2n) is 3.00. The molecule has 14 heavy (non-hydrogen) atoms. The summed E-state index contributed by atoms with van der Waals surface area (Å²) in [6.07, 6.45) is 1.81. The molecule has 0 aliphatic carbocycles. The molecule has 0 saturated heterocycles. The van der Waals surface area contributed by atoms with Crippen LogP contribution in [-0.4, -0.2) is 20.9 Å². The van der Waals surface area contributed by atoms with Gasteiger partial charge in [0, 0.05) is 6.04 Å². The highest BCUT2D eigenvalue weighted by Gasteiger charge is 2.15. The zero-order chi connectivity index (χ0) is 10.9. The fraction of sp³-hybridized carbons (Fsp3) is 0.500. The molecule has 0 spiro atoms. The molecule has 6 heteroatoms. The Morgan fingerprint density at radius 1 is 1.57 bits per heavy atom. The summed E-state index contributed by atoms with van der Waals surface area (Å²) in [7, 11) is 0. The van der Waals surface area contributed by atoms with Gasteiger partial charge in [-0.2, -0.15) is 4.98 Å². The predicted octanol–water partition coefficient (Wildman–Crippen LogP) is 2.01. The van der Waals surface area contributed by atoms with Crippen molar-refractivity contribution in [2.75, 3.05) is 6.26 Å². The molecule has 1 N–H and O–H groups in total. The van der Waals surface area contributed by atoms with Crippen LogP contribution in [0, 0.1) is 0 Å². The van der Waals surface area contributed by atoms with Crippen LogP contribution in [0.3, 0.4) is 0 Å². The summed E-state index contributed by atoms with van der Waals surface area (Å²) in [6, 6.07) is 0.0225. The smallest absolute Gasteiger partial charge is 0.272 e. The van der Waals surface area contributed by atoms with Gasteiger partial charge in [-0.1, -0.05) is 11.8 Å². The molecule has 0 unspecified atom stereocenters. The van der Waals surface area contributed by atoms with E-state index in [9.17, 15) is 9.90 Å². The van der Waals surface area contributed by atoms with Crippen molar-refractivity contribution in [3.63, 3.8) is 0 Å². The van der Waals surface area contributed by atoms with Gasteiger partial charge in [0.1, 0.15) is 4.47 Å². The van der Waals surface area contributed by atoms with Gasteiger partial charge in [-0.3, -0.25) is 9.36 Å². The summed E-state index contributed by atoms with van der Waals surface area (Å²) in [4.78, 5) is 15.6. The third-order valence-corrected chi connectivity index (χ3v) is 3.06. The van der Waals surface area contributed by atoms with Gasteiger partial charge in [-0.05, 0) is 36.0 Å². The number of rotatable bonds is 2. The van der Waals surface area contributed by atoms with Gasteiger partial charge >= 0.3 is 0 Å². The molecule has 0 amide bonds. The van der Waals surface area contributed by atoms with Crippen molar-refractivity contribution < 1.29 is 5.11 Å². The third kappa shape index (κ3) is 1.95. The van der Waals surface area contributed by atoms with Crippen molar-refractivity contribution in [3.8, 4) is 5.88 Å². The Morgan fingerprint density at radius 2 is 2.14 bits per heavy atom. The molecule has 0 aromatic carbocycles. The molecule has 1 rings (SSSR count). The molecule has 0 radical (unpaired) electrons. The highest BCUT2D eigenvalue weighted by atomic mass is 79.9. The van der Waals surface area contributed by atoms with Crippen molar-refractivity contribution in [3.05, 3.63) is 14.8 Å². The first-order valence-electron chi connectivity index (χ1n) is 4.04. The lowest BCUT2D eigenvalue weighted by Gasteiger charge is -2.14. The first kappa shape index (κ1) is 11.6. The van der Waals surface area contributed by atoms with E-state index in [1.807, 2.05) is 20.1 Å². The Bertz CT molecular complexity index is 403. The minimum absolute atomic E-state index is 0.0225. The summed E-state index contributed by atoms with van der Waals surface area (Å²) in [5, 5.41) is 9.85. The van der Waals surface area contributed by atoms with Crippen LogP contribution in [0.1, 0.15) is 19.9 Å². The van der Waals surface area contributed by atoms with Gasteiger partial charge in [-0.15, -0.1) is 0 Å². The lowest BCUT2D eigenvalue weighted by molar-refractivity contribution is 0.417. The van der Waals surface area contributed by atoms with E-state index in [0.29, 0.717) is 5.16 Å². The quantitative estimate of drug-likeness (QED) is 0.664. The lowest BCUT2D eigenvalue weighted by Crippen LogP contribution is -2.25. The zero-order valence-electron chi connectivity index (χ0n) is 8.11. The van der Waals surface area contributed by atoms with E-state index in [0.717, 1.165) is 0 Å². The topological polar surface area (TPSA) is 55.1 Å². The summed E-state index contributed by atoms with van der Waals surface area (Å²) < 4.78 is 1.65. The van der Waals surface area contributed by atoms with Crippen LogP contribution >= 0.6 is 27.7 Å². The SMILES string of the molecule is CSc1nc(O)c(Br)c(=O)n1C(C)C. The maximum atomic E-state index is 11.7. The lowest BCUT2D eigenvalue weighted by atomic mass is 10.4. The average Bonchev–Trinajstić information content (AvgIpc) is 2.12. The normalized spacial score (nSPS) is 10.9. The number of hydrogen-bond acceptors (Lipinski definition) is 4. The molecule has 1 aromatic rings. The van der Waals surface area contributed by atoms with E-state index in [4.69, 9.17) is 0 Å². The molecule has 0 saturated carbocycles. The van der Waals surface area contributed by atoms with Gasteiger partial charge in [0.2, 0.25) is 5.88 Å². The van der Waals surface area contributed by atoms with Crippen LogP contribution < -0.4 is 5.56 Å². The molecule has 0 aliphatic rings. The number of halogens is 1. The monoisotopic (exact) mass is 278 g/mol.